The molecule has 2 aromatic carbocycles. The average molecular weight is 350 g/mol. The third-order valence-corrected chi connectivity index (χ3v) is 4.00. The van der Waals surface area contributed by atoms with Crippen LogP contribution in [0.25, 0.3) is 22.2 Å². The molecular formula is C19H12ClN3O2. The topological polar surface area (TPSA) is 68.0 Å². The van der Waals surface area contributed by atoms with Gasteiger partial charge < -0.3 is 9.84 Å². The molecule has 0 spiro atoms. The minimum Gasteiger partial charge on any atom is -0.355 e. The molecule has 0 unspecified atom stereocenters. The van der Waals surface area contributed by atoms with Crippen LogP contribution in [0.4, 0.5) is 5.69 Å². The lowest BCUT2D eigenvalue weighted by Crippen LogP contribution is -2.12. The van der Waals surface area contributed by atoms with E-state index in [0.29, 0.717) is 16.5 Å². The number of para-hydroxylation sites is 1. The summed E-state index contributed by atoms with van der Waals surface area (Å²) in [5.41, 5.74) is 2.33. The number of amides is 1. The SMILES string of the molecule is O=C(Nc1cccc2cccnc12)c1cc(-c2ccc(Cl)cc2)on1. The summed E-state index contributed by atoms with van der Waals surface area (Å²) in [5.74, 6) is 0.139. The van der Waals surface area contributed by atoms with Crippen LogP contribution in [0.5, 0.6) is 0 Å². The molecule has 6 heteroatoms. The molecule has 25 heavy (non-hydrogen) atoms. The number of nitrogens with one attached hydrogen (secondary N) is 1. The molecule has 1 N–H and O–H groups in total. The third kappa shape index (κ3) is 3.09. The van der Waals surface area contributed by atoms with Crippen molar-refractivity contribution in [2.75, 3.05) is 5.32 Å². The lowest BCUT2D eigenvalue weighted by molar-refractivity contribution is 0.101. The predicted octanol–water partition coefficient (Wildman–Crippen LogP) is 4.80. The number of nitrogens with zero attached hydrogens (tertiary/aromatic N) is 2. The zero-order valence-electron chi connectivity index (χ0n) is 12.9. The van der Waals surface area contributed by atoms with E-state index >= 15 is 0 Å². The summed E-state index contributed by atoms with van der Waals surface area (Å²) < 4.78 is 5.27. The van der Waals surface area contributed by atoms with E-state index in [1.54, 1.807) is 42.6 Å². The van der Waals surface area contributed by atoms with E-state index in [2.05, 4.69) is 15.5 Å². The van der Waals surface area contributed by atoms with Gasteiger partial charge in [-0.15, -0.1) is 0 Å². The van der Waals surface area contributed by atoms with Gasteiger partial charge in [0.15, 0.2) is 11.5 Å². The highest BCUT2D eigenvalue weighted by Gasteiger charge is 2.15. The number of anilines is 1. The monoisotopic (exact) mass is 349 g/mol. The van der Waals surface area contributed by atoms with E-state index in [4.69, 9.17) is 16.1 Å². The van der Waals surface area contributed by atoms with Gasteiger partial charge in [0.2, 0.25) is 0 Å². The first-order valence-electron chi connectivity index (χ1n) is 7.58. The molecule has 0 aliphatic carbocycles. The molecular weight excluding hydrogens is 338 g/mol. The summed E-state index contributed by atoms with van der Waals surface area (Å²) in [6, 6.07) is 18.1. The zero-order chi connectivity index (χ0) is 17.2. The van der Waals surface area contributed by atoms with E-state index in [1.807, 2.05) is 24.3 Å². The molecule has 2 heterocycles. The fourth-order valence-electron chi connectivity index (χ4n) is 2.52. The van der Waals surface area contributed by atoms with Crippen LogP contribution >= 0.6 is 11.6 Å². The Balaban J connectivity index is 1.60. The Morgan fingerprint density at radius 2 is 1.84 bits per heavy atom. The number of hydrogen-bond donors (Lipinski definition) is 1. The van der Waals surface area contributed by atoms with E-state index in [0.717, 1.165) is 16.5 Å². The Bertz CT molecular complexity index is 1050. The van der Waals surface area contributed by atoms with Crippen LogP contribution in [0.15, 0.2) is 71.4 Å². The maximum Gasteiger partial charge on any atom is 0.277 e. The molecule has 2 aromatic heterocycles. The lowest BCUT2D eigenvalue weighted by atomic mass is 10.1. The second-order valence-corrected chi connectivity index (χ2v) is 5.85. The van der Waals surface area contributed by atoms with Crippen molar-refractivity contribution in [2.45, 2.75) is 0 Å². The van der Waals surface area contributed by atoms with Gasteiger partial charge in [0.25, 0.3) is 5.91 Å². The van der Waals surface area contributed by atoms with E-state index in [1.165, 1.54) is 0 Å². The molecule has 0 fully saturated rings. The molecule has 1 amide bonds. The molecule has 0 aliphatic rings. The van der Waals surface area contributed by atoms with Gasteiger partial charge in [-0.05, 0) is 36.4 Å². The smallest absolute Gasteiger partial charge is 0.277 e. The summed E-state index contributed by atoms with van der Waals surface area (Å²) in [6.07, 6.45) is 1.69. The normalized spacial score (nSPS) is 10.8. The Kier molecular flexibility index (Phi) is 3.91. The summed E-state index contributed by atoms with van der Waals surface area (Å²) >= 11 is 5.88. The Labute approximate surface area is 148 Å². The third-order valence-electron chi connectivity index (χ3n) is 3.75. The molecule has 0 radical (unpaired) electrons. The van der Waals surface area contributed by atoms with Crippen LogP contribution in [-0.2, 0) is 0 Å². The second kappa shape index (κ2) is 6.37. The highest BCUT2D eigenvalue weighted by molar-refractivity contribution is 6.30. The van der Waals surface area contributed by atoms with Crippen LogP contribution in [-0.4, -0.2) is 16.0 Å². The molecule has 4 rings (SSSR count). The summed E-state index contributed by atoms with van der Waals surface area (Å²) in [4.78, 5) is 16.8. The van der Waals surface area contributed by atoms with Crippen LogP contribution in [0.1, 0.15) is 10.5 Å². The first-order chi connectivity index (χ1) is 12.2. The lowest BCUT2D eigenvalue weighted by Gasteiger charge is -2.06. The summed E-state index contributed by atoms with van der Waals surface area (Å²) in [7, 11) is 0. The fraction of sp³-hybridized carbons (Fsp3) is 0. The number of carbonyl (C=O) groups excluding carboxylic acids is 1. The Morgan fingerprint density at radius 3 is 2.68 bits per heavy atom. The Hall–Kier alpha value is -3.18. The van der Waals surface area contributed by atoms with E-state index < -0.39 is 0 Å². The van der Waals surface area contributed by atoms with Crippen LogP contribution in [0.2, 0.25) is 5.02 Å². The van der Waals surface area contributed by atoms with Crippen molar-refractivity contribution in [2.24, 2.45) is 0 Å². The van der Waals surface area contributed by atoms with Crippen molar-refractivity contribution >= 4 is 34.1 Å². The van der Waals surface area contributed by atoms with Gasteiger partial charge in [-0.1, -0.05) is 35.0 Å². The molecule has 0 bridgehead atoms. The van der Waals surface area contributed by atoms with Crippen molar-refractivity contribution < 1.29 is 9.32 Å². The van der Waals surface area contributed by atoms with Gasteiger partial charge in [-0.3, -0.25) is 9.78 Å². The number of halogens is 1. The predicted molar refractivity (Wildman–Crippen MR) is 96.6 cm³/mol. The number of benzene rings is 2. The number of fused-ring (bicyclic) bond motifs is 1. The van der Waals surface area contributed by atoms with Crippen molar-refractivity contribution in [3.8, 4) is 11.3 Å². The van der Waals surface area contributed by atoms with Gasteiger partial charge in [0, 0.05) is 28.2 Å². The second-order valence-electron chi connectivity index (χ2n) is 5.42. The molecule has 0 saturated heterocycles. The Morgan fingerprint density at radius 1 is 1.04 bits per heavy atom. The van der Waals surface area contributed by atoms with Gasteiger partial charge in [-0.2, -0.15) is 0 Å². The van der Waals surface area contributed by atoms with Crippen molar-refractivity contribution in [1.29, 1.82) is 0 Å². The number of aromatic nitrogens is 2. The first-order valence-corrected chi connectivity index (χ1v) is 7.96. The van der Waals surface area contributed by atoms with Crippen molar-refractivity contribution in [3.63, 3.8) is 0 Å². The van der Waals surface area contributed by atoms with E-state index in [9.17, 15) is 4.79 Å². The van der Waals surface area contributed by atoms with Gasteiger partial charge in [-0.25, -0.2) is 0 Å². The average Bonchev–Trinajstić information content (AvgIpc) is 3.13. The first kappa shape index (κ1) is 15.4. The van der Waals surface area contributed by atoms with Crippen LogP contribution in [0.3, 0.4) is 0 Å². The van der Waals surface area contributed by atoms with Gasteiger partial charge in [0.05, 0.1) is 11.2 Å². The minimum absolute atomic E-state index is 0.192. The molecule has 0 aliphatic heterocycles. The van der Waals surface area contributed by atoms with Gasteiger partial charge in [0.1, 0.15) is 0 Å². The maximum absolute atomic E-state index is 12.5. The maximum atomic E-state index is 12.5. The number of pyridine rings is 1. The minimum atomic E-state index is -0.359. The molecule has 0 saturated carbocycles. The standard InChI is InChI=1S/C19H12ClN3O2/c20-14-8-6-12(7-9-14)17-11-16(23-25-17)19(24)22-15-5-1-3-13-4-2-10-21-18(13)15/h1-11H,(H,22,24). The molecule has 122 valence electrons. The summed E-state index contributed by atoms with van der Waals surface area (Å²) in [6.45, 7) is 0. The van der Waals surface area contributed by atoms with Crippen molar-refractivity contribution in [3.05, 3.63) is 77.6 Å². The summed E-state index contributed by atoms with van der Waals surface area (Å²) in [5, 5.41) is 8.26. The molecule has 0 atom stereocenters. The van der Waals surface area contributed by atoms with E-state index in [-0.39, 0.29) is 11.6 Å². The largest absolute Gasteiger partial charge is 0.355 e. The molecule has 4 aromatic rings. The quantitative estimate of drug-likeness (QED) is 0.577. The highest BCUT2D eigenvalue weighted by Crippen LogP contribution is 2.24. The number of carbonyl (C=O) groups is 1. The number of rotatable bonds is 3. The highest BCUT2D eigenvalue weighted by atomic mass is 35.5. The van der Waals surface area contributed by atoms with Crippen LogP contribution < -0.4 is 5.32 Å². The number of hydrogen-bond acceptors (Lipinski definition) is 4. The fourth-order valence-corrected chi connectivity index (χ4v) is 2.65. The zero-order valence-corrected chi connectivity index (χ0v) is 13.7. The van der Waals surface area contributed by atoms with Crippen molar-refractivity contribution in [1.82, 2.24) is 10.1 Å². The van der Waals surface area contributed by atoms with Gasteiger partial charge >= 0.3 is 0 Å². The van der Waals surface area contributed by atoms with Crippen LogP contribution in [0, 0.1) is 0 Å². The molecule has 5 nitrogen and oxygen atoms in total.